The van der Waals surface area contributed by atoms with E-state index in [1.807, 2.05) is 4.90 Å². The van der Waals surface area contributed by atoms with Crippen molar-refractivity contribution in [2.24, 2.45) is 0 Å². The van der Waals surface area contributed by atoms with E-state index in [1.54, 1.807) is 47.5 Å². The second-order valence-corrected chi connectivity index (χ2v) is 11.6. The van der Waals surface area contributed by atoms with Crippen LogP contribution in [0.3, 0.4) is 0 Å². The van der Waals surface area contributed by atoms with E-state index < -0.39 is 10.0 Å². The lowest BCUT2D eigenvalue weighted by Gasteiger charge is -2.36. The minimum atomic E-state index is -4.06. The first-order valence-corrected chi connectivity index (χ1v) is 14.7. The van der Waals surface area contributed by atoms with Gasteiger partial charge in [0.15, 0.2) is 0 Å². The average Bonchev–Trinajstić information content (AvgIpc) is 2.99. The lowest BCUT2D eigenvalue weighted by atomic mass is 10.1. The van der Waals surface area contributed by atoms with E-state index in [9.17, 15) is 18.5 Å². The Morgan fingerprint density at radius 3 is 2.39 bits per heavy atom. The number of pyridine rings is 1. The van der Waals surface area contributed by atoms with Crippen molar-refractivity contribution in [2.45, 2.75) is 4.90 Å². The predicted molar refractivity (Wildman–Crippen MR) is 157 cm³/mol. The number of nitrogens with one attached hydrogen (secondary N) is 1. The average molecular weight is 609 g/mol. The highest BCUT2D eigenvalue weighted by molar-refractivity contribution is 7.92. The zero-order chi connectivity index (χ0) is 29.0. The number of halogens is 2. The number of nitrogens with zero attached hydrogens (tertiary/aromatic N) is 4. The molecule has 3 aromatic carbocycles. The molecule has 0 bridgehead atoms. The number of hydrogen-bond donors (Lipinski definition) is 1. The van der Waals surface area contributed by atoms with Crippen LogP contribution in [-0.2, 0) is 10.0 Å². The zero-order valence-corrected chi connectivity index (χ0v) is 23.8. The number of aromatic nitrogens is 1. The number of piperazine rings is 1. The lowest BCUT2D eigenvalue weighted by Crippen LogP contribution is -2.49. The van der Waals surface area contributed by atoms with Gasteiger partial charge in [0.05, 0.1) is 26.7 Å². The van der Waals surface area contributed by atoms with Crippen LogP contribution < -0.4 is 14.4 Å². The first-order chi connectivity index (χ1) is 19.7. The van der Waals surface area contributed by atoms with Gasteiger partial charge in [-0.15, -0.1) is 0 Å². The van der Waals surface area contributed by atoms with Gasteiger partial charge >= 0.3 is 0 Å². The molecule has 208 valence electrons. The third-order valence-electron chi connectivity index (χ3n) is 6.43. The minimum absolute atomic E-state index is 0.0189. The molecule has 0 saturated carbocycles. The van der Waals surface area contributed by atoms with Gasteiger partial charge in [-0.1, -0.05) is 35.3 Å². The number of carbonyl (C=O) groups is 1. The molecule has 12 heteroatoms. The largest absolute Gasteiger partial charge is 0.456 e. The summed E-state index contributed by atoms with van der Waals surface area (Å²) < 4.78 is 34.8. The maximum absolute atomic E-state index is 13.5. The normalized spacial score (nSPS) is 13.4. The van der Waals surface area contributed by atoms with Crippen LogP contribution in [0.25, 0.3) is 0 Å². The van der Waals surface area contributed by atoms with Gasteiger partial charge in [-0.25, -0.2) is 13.4 Å². The fourth-order valence-electron chi connectivity index (χ4n) is 4.36. The number of amides is 1. The van der Waals surface area contributed by atoms with Gasteiger partial charge in [0.2, 0.25) is 0 Å². The van der Waals surface area contributed by atoms with E-state index in [2.05, 4.69) is 15.8 Å². The van der Waals surface area contributed by atoms with Crippen molar-refractivity contribution in [3.63, 3.8) is 0 Å². The molecule has 1 amide bonds. The van der Waals surface area contributed by atoms with Crippen molar-refractivity contribution in [2.75, 3.05) is 35.8 Å². The summed E-state index contributed by atoms with van der Waals surface area (Å²) in [4.78, 5) is 21.4. The number of anilines is 2. The second-order valence-electron chi connectivity index (χ2n) is 9.06. The molecule has 1 fully saturated rings. The van der Waals surface area contributed by atoms with Crippen LogP contribution in [0, 0.1) is 11.3 Å². The summed E-state index contributed by atoms with van der Waals surface area (Å²) in [5.41, 5.74) is 0.695. The number of para-hydroxylation sites is 1. The number of benzene rings is 3. The van der Waals surface area contributed by atoms with Crippen LogP contribution in [0.15, 0.2) is 90.0 Å². The van der Waals surface area contributed by atoms with Crippen LogP contribution in [0.5, 0.6) is 11.5 Å². The molecular weight excluding hydrogens is 585 g/mol. The van der Waals surface area contributed by atoms with E-state index in [0.29, 0.717) is 59.1 Å². The Hall–Kier alpha value is -4.30. The SMILES string of the molecule is N#Cc1cccnc1N1CCN(C(=O)c2cc(Cl)ccc2NS(=O)(=O)c2ccc(Oc3ccccc3Cl)cc2)CC1. The minimum Gasteiger partial charge on any atom is -0.456 e. The molecule has 5 rings (SSSR count). The highest BCUT2D eigenvalue weighted by Gasteiger charge is 2.27. The lowest BCUT2D eigenvalue weighted by molar-refractivity contribution is 0.0747. The molecule has 0 atom stereocenters. The van der Waals surface area contributed by atoms with E-state index >= 15 is 0 Å². The summed E-state index contributed by atoms with van der Waals surface area (Å²) in [6, 6.07) is 22.8. The summed E-state index contributed by atoms with van der Waals surface area (Å²) in [6.45, 7) is 1.63. The monoisotopic (exact) mass is 607 g/mol. The Labute approximate surface area is 247 Å². The summed E-state index contributed by atoms with van der Waals surface area (Å²) in [5.74, 6) is 1.06. The van der Waals surface area contributed by atoms with Gasteiger partial charge < -0.3 is 14.5 Å². The van der Waals surface area contributed by atoms with Crippen molar-refractivity contribution < 1.29 is 17.9 Å². The Morgan fingerprint density at radius 2 is 1.68 bits per heavy atom. The highest BCUT2D eigenvalue weighted by Crippen LogP contribution is 2.30. The quantitative estimate of drug-likeness (QED) is 0.281. The first-order valence-electron chi connectivity index (χ1n) is 12.5. The number of rotatable bonds is 7. The standard InChI is InChI=1S/C29H23Cl2N5O4S/c30-21-7-12-26(34-41(38,39)23-10-8-22(9-11-23)40-27-6-2-1-5-25(27)31)24(18-21)29(37)36-16-14-35(15-17-36)28-20(19-32)4-3-13-33-28/h1-13,18,34H,14-17H2. The summed E-state index contributed by atoms with van der Waals surface area (Å²) in [5, 5.41) is 10.1. The fourth-order valence-corrected chi connectivity index (χ4v) is 5.78. The molecule has 0 aliphatic carbocycles. The van der Waals surface area contributed by atoms with E-state index in [-0.39, 0.29) is 22.1 Å². The van der Waals surface area contributed by atoms with Crippen molar-refractivity contribution >= 4 is 50.6 Å². The Morgan fingerprint density at radius 1 is 0.951 bits per heavy atom. The second kappa shape index (κ2) is 12.1. The number of hydrogen-bond acceptors (Lipinski definition) is 7. The van der Waals surface area contributed by atoms with Crippen LogP contribution in [0.2, 0.25) is 10.0 Å². The highest BCUT2D eigenvalue weighted by atomic mass is 35.5. The molecule has 41 heavy (non-hydrogen) atoms. The van der Waals surface area contributed by atoms with Crippen LogP contribution in [0.4, 0.5) is 11.5 Å². The maximum atomic E-state index is 13.5. The van der Waals surface area contributed by atoms with Gasteiger partial charge in [-0.3, -0.25) is 9.52 Å². The Bertz CT molecular complexity index is 1740. The van der Waals surface area contributed by atoms with Gasteiger partial charge in [-0.2, -0.15) is 5.26 Å². The molecule has 1 aromatic heterocycles. The number of carbonyl (C=O) groups excluding carboxylic acids is 1. The molecule has 1 saturated heterocycles. The van der Waals surface area contributed by atoms with Crippen molar-refractivity contribution in [1.29, 1.82) is 5.26 Å². The molecule has 4 aromatic rings. The van der Waals surface area contributed by atoms with Crippen LogP contribution in [-0.4, -0.2) is 50.4 Å². The zero-order valence-electron chi connectivity index (χ0n) is 21.5. The Kier molecular flexibility index (Phi) is 8.31. The van der Waals surface area contributed by atoms with Crippen molar-refractivity contribution in [3.8, 4) is 17.6 Å². The summed E-state index contributed by atoms with van der Waals surface area (Å²) in [7, 11) is -4.06. The van der Waals surface area contributed by atoms with E-state index in [0.717, 1.165) is 0 Å². The molecule has 1 N–H and O–H groups in total. The Balaban J connectivity index is 1.30. The van der Waals surface area contributed by atoms with E-state index in [1.165, 1.54) is 42.5 Å². The molecule has 1 aliphatic rings. The first kappa shape index (κ1) is 28.2. The fraction of sp³-hybridized carbons (Fsp3) is 0.138. The van der Waals surface area contributed by atoms with Gasteiger partial charge in [0.1, 0.15) is 23.4 Å². The van der Waals surface area contributed by atoms with E-state index in [4.69, 9.17) is 27.9 Å². The molecule has 9 nitrogen and oxygen atoms in total. The molecule has 0 unspecified atom stereocenters. The topological polar surface area (TPSA) is 116 Å². The van der Waals surface area contributed by atoms with Crippen molar-refractivity contribution in [3.05, 3.63) is 106 Å². The third-order valence-corrected chi connectivity index (χ3v) is 8.36. The third kappa shape index (κ3) is 6.38. The van der Waals surface area contributed by atoms with Gasteiger partial charge in [0, 0.05) is 37.4 Å². The summed E-state index contributed by atoms with van der Waals surface area (Å²) >= 11 is 12.3. The van der Waals surface area contributed by atoms with Gasteiger partial charge in [0.25, 0.3) is 15.9 Å². The van der Waals surface area contributed by atoms with Crippen LogP contribution in [0.1, 0.15) is 15.9 Å². The van der Waals surface area contributed by atoms with Gasteiger partial charge in [-0.05, 0) is 66.7 Å². The molecule has 0 radical (unpaired) electrons. The summed E-state index contributed by atoms with van der Waals surface area (Å²) in [6.07, 6.45) is 1.62. The molecular formula is C29H23Cl2N5O4S. The smallest absolute Gasteiger partial charge is 0.261 e. The predicted octanol–water partition coefficient (Wildman–Crippen LogP) is 5.82. The molecule has 1 aliphatic heterocycles. The maximum Gasteiger partial charge on any atom is 0.261 e. The van der Waals surface area contributed by atoms with Crippen molar-refractivity contribution in [1.82, 2.24) is 9.88 Å². The number of sulfonamides is 1. The molecule has 0 spiro atoms. The number of ether oxygens (including phenoxy) is 1. The number of nitriles is 1. The van der Waals surface area contributed by atoms with Crippen LogP contribution >= 0.6 is 23.2 Å². The molecule has 2 heterocycles.